The van der Waals surface area contributed by atoms with E-state index in [0.29, 0.717) is 21.2 Å². The highest BCUT2D eigenvalue weighted by molar-refractivity contribution is 8.18. The summed E-state index contributed by atoms with van der Waals surface area (Å²) < 4.78 is 13.2. The van der Waals surface area contributed by atoms with E-state index in [9.17, 15) is 14.0 Å². The first-order chi connectivity index (χ1) is 11.5. The van der Waals surface area contributed by atoms with Crippen LogP contribution in [-0.2, 0) is 11.3 Å². The Morgan fingerprint density at radius 1 is 1.08 bits per heavy atom. The van der Waals surface area contributed by atoms with Crippen molar-refractivity contribution in [2.24, 2.45) is 0 Å². The first-order valence-electron chi connectivity index (χ1n) is 6.89. The standard InChI is InChI=1S/C17H10Cl2FNO2S/c18-13-5-2-6-14(19)12(13)9-21-16(22)15(24-17(21)23)8-10-3-1-4-11(20)7-10/h1-8H,9H2/b15-8+. The van der Waals surface area contributed by atoms with Gasteiger partial charge in [-0.25, -0.2) is 4.39 Å². The summed E-state index contributed by atoms with van der Waals surface area (Å²) in [6.07, 6.45) is 1.49. The molecule has 0 spiro atoms. The Bertz CT molecular complexity index is 849. The van der Waals surface area contributed by atoms with Crippen LogP contribution in [-0.4, -0.2) is 16.0 Å². The first-order valence-corrected chi connectivity index (χ1v) is 8.47. The number of rotatable bonds is 3. The number of carbonyl (C=O) groups excluding carboxylic acids is 2. The van der Waals surface area contributed by atoms with Gasteiger partial charge in [0, 0.05) is 15.6 Å². The monoisotopic (exact) mass is 381 g/mol. The molecule has 2 amide bonds. The predicted molar refractivity (Wildman–Crippen MR) is 94.4 cm³/mol. The minimum absolute atomic E-state index is 0.0103. The lowest BCUT2D eigenvalue weighted by atomic mass is 10.2. The molecule has 1 aliphatic heterocycles. The van der Waals surface area contributed by atoms with Crippen molar-refractivity contribution in [1.82, 2.24) is 4.90 Å². The van der Waals surface area contributed by atoms with Crippen molar-refractivity contribution in [2.45, 2.75) is 6.54 Å². The van der Waals surface area contributed by atoms with E-state index in [1.165, 1.54) is 24.3 Å². The van der Waals surface area contributed by atoms with Gasteiger partial charge in [0.2, 0.25) is 0 Å². The van der Waals surface area contributed by atoms with Gasteiger partial charge in [-0.1, -0.05) is 41.4 Å². The quantitative estimate of drug-likeness (QED) is 0.670. The number of halogens is 3. The van der Waals surface area contributed by atoms with Crippen molar-refractivity contribution < 1.29 is 14.0 Å². The lowest BCUT2D eigenvalue weighted by molar-refractivity contribution is -0.123. The Labute approximate surface area is 152 Å². The molecule has 1 aliphatic rings. The average molecular weight is 382 g/mol. The van der Waals surface area contributed by atoms with Crippen LogP contribution in [0, 0.1) is 5.82 Å². The SMILES string of the molecule is O=C1S/C(=C/c2cccc(F)c2)C(=O)N1Cc1c(Cl)cccc1Cl. The molecule has 0 N–H and O–H groups in total. The van der Waals surface area contributed by atoms with Crippen molar-refractivity contribution >= 4 is 52.2 Å². The van der Waals surface area contributed by atoms with E-state index in [0.717, 1.165) is 16.7 Å². The molecule has 0 atom stereocenters. The summed E-state index contributed by atoms with van der Waals surface area (Å²) >= 11 is 13.0. The van der Waals surface area contributed by atoms with E-state index in [1.807, 2.05) is 0 Å². The Morgan fingerprint density at radius 3 is 2.42 bits per heavy atom. The molecular weight excluding hydrogens is 372 g/mol. The molecule has 3 nitrogen and oxygen atoms in total. The van der Waals surface area contributed by atoms with Gasteiger partial charge in [-0.2, -0.15) is 0 Å². The number of benzene rings is 2. The molecule has 1 fully saturated rings. The van der Waals surface area contributed by atoms with E-state index >= 15 is 0 Å². The van der Waals surface area contributed by atoms with Gasteiger partial charge < -0.3 is 0 Å². The van der Waals surface area contributed by atoms with E-state index in [4.69, 9.17) is 23.2 Å². The molecule has 7 heteroatoms. The van der Waals surface area contributed by atoms with E-state index in [2.05, 4.69) is 0 Å². The van der Waals surface area contributed by atoms with Gasteiger partial charge in [0.15, 0.2) is 0 Å². The predicted octanol–water partition coefficient (Wildman–Crippen LogP) is 5.37. The Kier molecular flexibility index (Phi) is 4.94. The van der Waals surface area contributed by atoms with Gasteiger partial charge in [0.1, 0.15) is 5.82 Å². The van der Waals surface area contributed by atoms with Crippen LogP contribution in [0.4, 0.5) is 9.18 Å². The molecule has 0 radical (unpaired) electrons. The second-order valence-corrected chi connectivity index (χ2v) is 6.83. The molecule has 2 aromatic rings. The first kappa shape index (κ1) is 17.0. The number of nitrogens with zero attached hydrogens (tertiary/aromatic N) is 1. The molecule has 0 aromatic heterocycles. The highest BCUT2D eigenvalue weighted by Gasteiger charge is 2.35. The van der Waals surface area contributed by atoms with Crippen LogP contribution in [0.3, 0.4) is 0 Å². The summed E-state index contributed by atoms with van der Waals surface area (Å²) in [7, 11) is 0. The Balaban J connectivity index is 1.87. The zero-order valence-electron chi connectivity index (χ0n) is 12.1. The molecule has 0 bridgehead atoms. The maximum atomic E-state index is 13.2. The summed E-state index contributed by atoms with van der Waals surface area (Å²) in [4.78, 5) is 25.9. The van der Waals surface area contributed by atoms with Gasteiger partial charge >= 0.3 is 0 Å². The average Bonchev–Trinajstić information content (AvgIpc) is 2.78. The molecule has 122 valence electrons. The molecule has 0 aliphatic carbocycles. The molecule has 2 aromatic carbocycles. The minimum Gasteiger partial charge on any atom is -0.268 e. The largest absolute Gasteiger partial charge is 0.293 e. The maximum Gasteiger partial charge on any atom is 0.293 e. The number of carbonyl (C=O) groups is 2. The minimum atomic E-state index is -0.453. The van der Waals surface area contributed by atoms with E-state index in [-0.39, 0.29) is 11.4 Å². The number of amides is 2. The fourth-order valence-corrected chi connectivity index (χ4v) is 3.58. The third-order valence-electron chi connectivity index (χ3n) is 3.40. The van der Waals surface area contributed by atoms with Gasteiger partial charge in [-0.15, -0.1) is 0 Å². The molecule has 0 saturated carbocycles. The van der Waals surface area contributed by atoms with Gasteiger partial charge in [-0.05, 0) is 47.7 Å². The lowest BCUT2D eigenvalue weighted by Crippen LogP contribution is -2.27. The lowest BCUT2D eigenvalue weighted by Gasteiger charge is -2.14. The van der Waals surface area contributed by atoms with Crippen molar-refractivity contribution in [1.29, 1.82) is 0 Å². The molecule has 0 unspecified atom stereocenters. The fourth-order valence-electron chi connectivity index (χ4n) is 2.23. The fraction of sp³-hybridized carbons (Fsp3) is 0.0588. The van der Waals surface area contributed by atoms with Crippen LogP contribution >= 0.6 is 35.0 Å². The topological polar surface area (TPSA) is 37.4 Å². The summed E-state index contributed by atoms with van der Waals surface area (Å²) in [6, 6.07) is 10.8. The summed E-state index contributed by atoms with van der Waals surface area (Å²) in [5.74, 6) is -0.865. The number of thioether (sulfide) groups is 1. The van der Waals surface area contributed by atoms with Crippen LogP contribution in [0.5, 0.6) is 0 Å². The molecule has 3 rings (SSSR count). The van der Waals surface area contributed by atoms with Gasteiger partial charge in [-0.3, -0.25) is 14.5 Å². The van der Waals surface area contributed by atoms with Crippen LogP contribution < -0.4 is 0 Å². The Hall–Kier alpha value is -1.82. The maximum absolute atomic E-state index is 13.2. The highest BCUT2D eigenvalue weighted by Crippen LogP contribution is 2.35. The zero-order valence-corrected chi connectivity index (χ0v) is 14.5. The third-order valence-corrected chi connectivity index (χ3v) is 5.01. The summed E-state index contributed by atoms with van der Waals surface area (Å²) in [5.41, 5.74) is 1.02. The third kappa shape index (κ3) is 3.48. The summed E-state index contributed by atoms with van der Waals surface area (Å²) in [5, 5.41) is 0.352. The van der Waals surface area contributed by atoms with E-state index < -0.39 is 17.0 Å². The van der Waals surface area contributed by atoms with Crippen LogP contribution in [0.25, 0.3) is 6.08 Å². The van der Waals surface area contributed by atoms with Crippen LogP contribution in [0.1, 0.15) is 11.1 Å². The number of hydrogen-bond acceptors (Lipinski definition) is 3. The van der Waals surface area contributed by atoms with Crippen molar-refractivity contribution in [3.05, 3.63) is 74.4 Å². The zero-order chi connectivity index (χ0) is 17.3. The smallest absolute Gasteiger partial charge is 0.268 e. The normalized spacial score (nSPS) is 16.3. The van der Waals surface area contributed by atoms with Gasteiger partial charge in [0.25, 0.3) is 11.1 Å². The summed E-state index contributed by atoms with van der Waals surface area (Å²) in [6.45, 7) is -0.0103. The second-order valence-electron chi connectivity index (χ2n) is 5.02. The number of imide groups is 1. The van der Waals surface area contributed by atoms with E-state index in [1.54, 1.807) is 24.3 Å². The van der Waals surface area contributed by atoms with Crippen molar-refractivity contribution in [3.63, 3.8) is 0 Å². The second kappa shape index (κ2) is 6.97. The van der Waals surface area contributed by atoms with Crippen molar-refractivity contribution in [3.8, 4) is 0 Å². The van der Waals surface area contributed by atoms with Crippen LogP contribution in [0.2, 0.25) is 10.0 Å². The van der Waals surface area contributed by atoms with Gasteiger partial charge in [0.05, 0.1) is 11.4 Å². The molecule has 1 heterocycles. The Morgan fingerprint density at radius 2 is 1.75 bits per heavy atom. The molecule has 24 heavy (non-hydrogen) atoms. The highest BCUT2D eigenvalue weighted by atomic mass is 35.5. The van der Waals surface area contributed by atoms with Crippen molar-refractivity contribution in [2.75, 3.05) is 0 Å². The molecule has 1 saturated heterocycles. The van der Waals surface area contributed by atoms with Crippen LogP contribution in [0.15, 0.2) is 47.4 Å². The molecular formula is C17H10Cl2FNO2S. The number of hydrogen-bond donors (Lipinski definition) is 0.